The Kier molecular flexibility index (Phi) is 4.56. The van der Waals surface area contributed by atoms with E-state index in [1.54, 1.807) is 6.20 Å². The van der Waals surface area contributed by atoms with Gasteiger partial charge in [0.15, 0.2) is 0 Å². The second-order valence-electron chi connectivity index (χ2n) is 4.81. The van der Waals surface area contributed by atoms with Crippen LogP contribution in [0.1, 0.15) is 49.4 Å². The number of carbonyl (C=O) groups excluding carboxylic acids is 1. The van der Waals surface area contributed by atoms with Gasteiger partial charge >= 0.3 is 0 Å². The van der Waals surface area contributed by atoms with Gasteiger partial charge in [-0.3, -0.25) is 4.79 Å². The maximum absolute atomic E-state index is 11.7. The van der Waals surface area contributed by atoms with Crippen LogP contribution in [0.15, 0.2) is 18.3 Å². The van der Waals surface area contributed by atoms with Crippen LogP contribution in [-0.4, -0.2) is 23.5 Å². The van der Waals surface area contributed by atoms with E-state index in [0.29, 0.717) is 11.6 Å². The first-order chi connectivity index (χ1) is 8.79. The zero-order valence-electron chi connectivity index (χ0n) is 10.9. The number of unbranched alkanes of at least 4 members (excludes halogenated alkanes) is 2. The highest BCUT2D eigenvalue weighted by Gasteiger charge is 2.23. The normalized spacial score (nSPS) is 14.3. The molecule has 2 N–H and O–H groups in total. The van der Waals surface area contributed by atoms with Gasteiger partial charge in [0.05, 0.1) is 5.56 Å². The molecule has 0 aliphatic heterocycles. The number of anilines is 1. The molecule has 1 heterocycles. The summed E-state index contributed by atoms with van der Waals surface area (Å²) < 4.78 is 0. The van der Waals surface area contributed by atoms with Crippen LogP contribution in [-0.2, 0) is 0 Å². The van der Waals surface area contributed by atoms with Gasteiger partial charge in [-0.2, -0.15) is 0 Å². The summed E-state index contributed by atoms with van der Waals surface area (Å²) in [5.74, 6) is 0.830. The van der Waals surface area contributed by atoms with Crippen molar-refractivity contribution in [2.75, 3.05) is 11.9 Å². The Morgan fingerprint density at radius 2 is 2.22 bits per heavy atom. The number of pyridine rings is 1. The largest absolute Gasteiger partial charge is 0.370 e. The van der Waals surface area contributed by atoms with Crippen molar-refractivity contribution in [2.45, 2.75) is 45.1 Å². The van der Waals surface area contributed by atoms with E-state index in [0.717, 1.165) is 31.6 Å². The summed E-state index contributed by atoms with van der Waals surface area (Å²) in [6.07, 6.45) is 7.46. The summed E-state index contributed by atoms with van der Waals surface area (Å²) in [7, 11) is 0. The van der Waals surface area contributed by atoms with Crippen LogP contribution in [0.25, 0.3) is 0 Å². The average Bonchev–Trinajstić information content (AvgIpc) is 3.19. The summed E-state index contributed by atoms with van der Waals surface area (Å²) in [5.41, 5.74) is 0.640. The van der Waals surface area contributed by atoms with Gasteiger partial charge in [-0.05, 0) is 31.4 Å². The average molecular weight is 247 g/mol. The Labute approximate surface area is 108 Å². The fourth-order valence-corrected chi connectivity index (χ4v) is 1.72. The van der Waals surface area contributed by atoms with Crippen molar-refractivity contribution in [3.63, 3.8) is 0 Å². The maximum Gasteiger partial charge on any atom is 0.253 e. The van der Waals surface area contributed by atoms with E-state index in [4.69, 9.17) is 0 Å². The molecule has 1 aliphatic carbocycles. The molecule has 2 rings (SSSR count). The maximum atomic E-state index is 11.7. The molecule has 0 aromatic carbocycles. The van der Waals surface area contributed by atoms with Crippen LogP contribution in [0, 0.1) is 0 Å². The predicted molar refractivity (Wildman–Crippen MR) is 72.7 cm³/mol. The van der Waals surface area contributed by atoms with Gasteiger partial charge in [-0.25, -0.2) is 4.98 Å². The lowest BCUT2D eigenvalue weighted by molar-refractivity contribution is 0.0951. The van der Waals surface area contributed by atoms with Crippen LogP contribution < -0.4 is 10.6 Å². The fourth-order valence-electron chi connectivity index (χ4n) is 1.72. The van der Waals surface area contributed by atoms with Crippen LogP contribution in [0.5, 0.6) is 0 Å². The summed E-state index contributed by atoms with van der Waals surface area (Å²) >= 11 is 0. The smallest absolute Gasteiger partial charge is 0.253 e. The molecule has 4 heteroatoms. The number of hydrogen-bond donors (Lipinski definition) is 2. The molecule has 0 bridgehead atoms. The molecular formula is C14H21N3O. The number of carbonyl (C=O) groups is 1. The number of amides is 1. The van der Waals surface area contributed by atoms with E-state index >= 15 is 0 Å². The van der Waals surface area contributed by atoms with Gasteiger partial charge in [0.2, 0.25) is 0 Å². The molecule has 1 fully saturated rings. The third-order valence-electron chi connectivity index (χ3n) is 3.02. The van der Waals surface area contributed by atoms with Crippen molar-refractivity contribution in [3.8, 4) is 0 Å². The zero-order chi connectivity index (χ0) is 12.8. The second kappa shape index (κ2) is 6.38. The van der Waals surface area contributed by atoms with Crippen LogP contribution in [0.4, 0.5) is 5.82 Å². The number of nitrogens with one attached hydrogen (secondary N) is 2. The van der Waals surface area contributed by atoms with Gasteiger partial charge in [-0.15, -0.1) is 0 Å². The van der Waals surface area contributed by atoms with Crippen molar-refractivity contribution in [2.24, 2.45) is 0 Å². The Hall–Kier alpha value is -1.58. The highest BCUT2D eigenvalue weighted by atomic mass is 16.1. The number of nitrogens with zero attached hydrogens (tertiary/aromatic N) is 1. The third kappa shape index (κ3) is 4.02. The summed E-state index contributed by atoms with van der Waals surface area (Å²) in [4.78, 5) is 16.0. The quantitative estimate of drug-likeness (QED) is 0.728. The Morgan fingerprint density at radius 1 is 1.39 bits per heavy atom. The first-order valence-electron chi connectivity index (χ1n) is 6.80. The molecule has 1 aromatic heterocycles. The van der Waals surface area contributed by atoms with E-state index in [2.05, 4.69) is 22.5 Å². The molecule has 1 aromatic rings. The first-order valence-corrected chi connectivity index (χ1v) is 6.80. The van der Waals surface area contributed by atoms with Crippen LogP contribution in [0.3, 0.4) is 0 Å². The fraction of sp³-hybridized carbons (Fsp3) is 0.571. The molecule has 1 saturated carbocycles. The lowest BCUT2D eigenvalue weighted by atomic mass is 10.2. The van der Waals surface area contributed by atoms with E-state index in [-0.39, 0.29) is 5.91 Å². The SMILES string of the molecule is CCCCCNc1ccc(C(=O)NC2CC2)cn1. The van der Waals surface area contributed by atoms with Crippen molar-refractivity contribution < 1.29 is 4.79 Å². The minimum absolute atomic E-state index is 0.0115. The second-order valence-corrected chi connectivity index (χ2v) is 4.81. The van der Waals surface area contributed by atoms with E-state index in [1.165, 1.54) is 12.8 Å². The molecule has 18 heavy (non-hydrogen) atoms. The highest BCUT2D eigenvalue weighted by Crippen LogP contribution is 2.19. The van der Waals surface area contributed by atoms with Crippen LogP contribution in [0.2, 0.25) is 0 Å². The van der Waals surface area contributed by atoms with Gasteiger partial charge in [0.1, 0.15) is 5.82 Å². The summed E-state index contributed by atoms with van der Waals surface area (Å²) in [6.45, 7) is 3.12. The minimum atomic E-state index is -0.0115. The molecule has 0 spiro atoms. The molecule has 0 saturated heterocycles. The Bertz CT molecular complexity index is 385. The number of hydrogen-bond acceptors (Lipinski definition) is 3. The molecule has 0 unspecified atom stereocenters. The van der Waals surface area contributed by atoms with Crippen molar-refractivity contribution in [3.05, 3.63) is 23.9 Å². The molecule has 98 valence electrons. The molecule has 4 nitrogen and oxygen atoms in total. The standard InChI is InChI=1S/C14H21N3O/c1-2-3-4-9-15-13-8-5-11(10-16-13)14(18)17-12-6-7-12/h5,8,10,12H,2-4,6-7,9H2,1H3,(H,15,16)(H,17,18). The van der Waals surface area contributed by atoms with E-state index in [9.17, 15) is 4.79 Å². The van der Waals surface area contributed by atoms with Gasteiger partial charge in [0.25, 0.3) is 5.91 Å². The zero-order valence-corrected chi connectivity index (χ0v) is 10.9. The number of rotatable bonds is 7. The minimum Gasteiger partial charge on any atom is -0.370 e. The lowest BCUT2D eigenvalue weighted by Crippen LogP contribution is -2.25. The van der Waals surface area contributed by atoms with E-state index in [1.807, 2.05) is 12.1 Å². The third-order valence-corrected chi connectivity index (χ3v) is 3.02. The lowest BCUT2D eigenvalue weighted by Gasteiger charge is -2.06. The molecule has 0 atom stereocenters. The summed E-state index contributed by atoms with van der Waals surface area (Å²) in [6, 6.07) is 4.09. The number of aromatic nitrogens is 1. The van der Waals surface area contributed by atoms with E-state index < -0.39 is 0 Å². The predicted octanol–water partition coefficient (Wildman–Crippen LogP) is 2.58. The molecule has 1 aliphatic rings. The van der Waals surface area contributed by atoms with Crippen molar-refractivity contribution in [1.29, 1.82) is 0 Å². The molecule has 1 amide bonds. The monoisotopic (exact) mass is 247 g/mol. The van der Waals surface area contributed by atoms with Gasteiger partial charge < -0.3 is 10.6 Å². The molecular weight excluding hydrogens is 226 g/mol. The Balaban J connectivity index is 1.78. The van der Waals surface area contributed by atoms with Crippen molar-refractivity contribution >= 4 is 11.7 Å². The van der Waals surface area contributed by atoms with Gasteiger partial charge in [0, 0.05) is 18.8 Å². The molecule has 0 radical (unpaired) electrons. The van der Waals surface area contributed by atoms with Gasteiger partial charge in [-0.1, -0.05) is 19.8 Å². The highest BCUT2D eigenvalue weighted by molar-refractivity contribution is 5.94. The Morgan fingerprint density at radius 3 is 2.83 bits per heavy atom. The topological polar surface area (TPSA) is 54.0 Å². The van der Waals surface area contributed by atoms with Crippen LogP contribution >= 0.6 is 0 Å². The summed E-state index contributed by atoms with van der Waals surface area (Å²) in [5, 5.41) is 6.21. The van der Waals surface area contributed by atoms with Crippen molar-refractivity contribution in [1.82, 2.24) is 10.3 Å². The first kappa shape index (κ1) is 12.9.